The summed E-state index contributed by atoms with van der Waals surface area (Å²) in [5.41, 5.74) is -1.66. The zero-order chi connectivity index (χ0) is 20.0. The van der Waals surface area contributed by atoms with Crippen LogP contribution in [0.2, 0.25) is 0 Å². The molecule has 2 N–H and O–H groups in total. The van der Waals surface area contributed by atoms with E-state index in [1.54, 1.807) is 37.3 Å². The molecule has 142 valence electrons. The summed E-state index contributed by atoms with van der Waals surface area (Å²) in [7, 11) is 0. The van der Waals surface area contributed by atoms with Crippen molar-refractivity contribution in [1.82, 2.24) is 9.88 Å². The molecule has 0 fully saturated rings. The zero-order valence-electron chi connectivity index (χ0n) is 14.6. The number of nitro groups is 1. The number of carboxylic acid groups (broad SMARTS) is 1. The second-order valence-electron chi connectivity index (χ2n) is 5.99. The van der Waals surface area contributed by atoms with Gasteiger partial charge in [-0.25, -0.2) is 0 Å². The van der Waals surface area contributed by atoms with E-state index in [1.807, 2.05) is 0 Å². The van der Waals surface area contributed by atoms with Crippen molar-refractivity contribution in [2.45, 2.75) is 25.3 Å². The van der Waals surface area contributed by atoms with E-state index in [4.69, 9.17) is 0 Å². The fourth-order valence-corrected chi connectivity index (χ4v) is 2.75. The van der Waals surface area contributed by atoms with Gasteiger partial charge in [0.15, 0.2) is 0 Å². The number of amides is 1. The number of pyridine rings is 1. The highest BCUT2D eigenvalue weighted by molar-refractivity contribution is 5.83. The van der Waals surface area contributed by atoms with Gasteiger partial charge in [-0.1, -0.05) is 37.3 Å². The second-order valence-corrected chi connectivity index (χ2v) is 5.99. The highest BCUT2D eigenvalue weighted by atomic mass is 16.6. The third kappa shape index (κ3) is 4.38. The number of carbonyl (C=O) groups is 2. The number of rotatable bonds is 8. The lowest BCUT2D eigenvalue weighted by molar-refractivity contribution is -0.385. The maximum Gasteiger partial charge on any atom is 0.315 e. The molecule has 0 aliphatic heterocycles. The Morgan fingerprint density at radius 1 is 1.22 bits per heavy atom. The van der Waals surface area contributed by atoms with Crippen LogP contribution in [0.25, 0.3) is 0 Å². The highest BCUT2D eigenvalue weighted by Gasteiger charge is 2.38. The third-order valence-electron chi connectivity index (χ3n) is 4.42. The molecule has 0 aliphatic rings. The summed E-state index contributed by atoms with van der Waals surface area (Å²) in [5.74, 6) is -1.70. The van der Waals surface area contributed by atoms with E-state index < -0.39 is 34.3 Å². The molecule has 1 aromatic carbocycles. The molecule has 1 amide bonds. The first-order valence-electron chi connectivity index (χ1n) is 8.20. The van der Waals surface area contributed by atoms with Gasteiger partial charge in [0.2, 0.25) is 5.91 Å². The number of aliphatic carboxylic acids is 1. The van der Waals surface area contributed by atoms with Gasteiger partial charge in [-0.2, -0.15) is 0 Å². The van der Waals surface area contributed by atoms with E-state index in [0.29, 0.717) is 5.56 Å². The molecule has 0 aliphatic carbocycles. The predicted molar refractivity (Wildman–Crippen MR) is 96.4 cm³/mol. The fraction of sp³-hybridized carbons (Fsp3) is 0.278. The predicted octanol–water partition coefficient (Wildman–Crippen LogP) is 1.31. The van der Waals surface area contributed by atoms with Gasteiger partial charge >= 0.3 is 5.97 Å². The first-order valence-corrected chi connectivity index (χ1v) is 8.20. The molecule has 0 saturated heterocycles. The number of carboxylic acids is 1. The fourth-order valence-electron chi connectivity index (χ4n) is 2.75. The molecule has 0 radical (unpaired) electrons. The van der Waals surface area contributed by atoms with Gasteiger partial charge in [0, 0.05) is 18.7 Å². The second kappa shape index (κ2) is 8.26. The van der Waals surface area contributed by atoms with Gasteiger partial charge in [-0.15, -0.1) is 0 Å². The monoisotopic (exact) mass is 373 g/mol. The van der Waals surface area contributed by atoms with Crippen molar-refractivity contribution in [2.75, 3.05) is 6.54 Å². The molecular weight excluding hydrogens is 354 g/mol. The smallest absolute Gasteiger partial charge is 0.315 e. The molecule has 0 spiro atoms. The average molecular weight is 373 g/mol. The molecule has 1 heterocycles. The van der Waals surface area contributed by atoms with Gasteiger partial charge in [0.25, 0.3) is 11.2 Å². The first-order chi connectivity index (χ1) is 12.8. The number of nitrogens with one attached hydrogen (secondary N) is 1. The summed E-state index contributed by atoms with van der Waals surface area (Å²) in [6.07, 6.45) is 1.22. The molecule has 27 heavy (non-hydrogen) atoms. The van der Waals surface area contributed by atoms with Crippen molar-refractivity contribution < 1.29 is 19.6 Å². The molecule has 1 atom stereocenters. The standard InChI is InChI=1S/C18H19N3O6/c1-2-18(17(24)25,13-6-4-3-5-7-13)12-19-15(22)11-20-10-14(21(26)27)8-9-16(20)23/h3-10H,2,11-12H2,1H3,(H,19,22)(H,24,25). The summed E-state index contributed by atoms with van der Waals surface area (Å²) in [5, 5.41) is 23.1. The van der Waals surface area contributed by atoms with Crippen molar-refractivity contribution in [1.29, 1.82) is 0 Å². The molecule has 2 aromatic rings. The van der Waals surface area contributed by atoms with Gasteiger partial charge in [-0.3, -0.25) is 29.1 Å². The van der Waals surface area contributed by atoms with E-state index in [1.165, 1.54) is 0 Å². The summed E-state index contributed by atoms with van der Waals surface area (Å²) in [4.78, 5) is 46.1. The Hall–Kier alpha value is -3.49. The van der Waals surface area contributed by atoms with E-state index in [9.17, 15) is 29.6 Å². The lowest BCUT2D eigenvalue weighted by Gasteiger charge is -2.29. The minimum atomic E-state index is -1.31. The first kappa shape index (κ1) is 19.8. The molecule has 9 heteroatoms. The van der Waals surface area contributed by atoms with Crippen molar-refractivity contribution in [2.24, 2.45) is 0 Å². The van der Waals surface area contributed by atoms with Gasteiger partial charge < -0.3 is 10.4 Å². The largest absolute Gasteiger partial charge is 0.481 e. The molecule has 1 aromatic heterocycles. The molecule has 1 unspecified atom stereocenters. The summed E-state index contributed by atoms with van der Waals surface area (Å²) < 4.78 is 0.907. The lowest BCUT2D eigenvalue weighted by Crippen LogP contribution is -2.47. The SMILES string of the molecule is CCC(CNC(=O)Cn1cc([N+](=O)[O-])ccc1=O)(C(=O)O)c1ccccc1. The number of benzene rings is 1. The molecule has 0 saturated carbocycles. The Morgan fingerprint density at radius 3 is 2.44 bits per heavy atom. The minimum absolute atomic E-state index is 0.175. The maximum absolute atomic E-state index is 12.2. The molecule has 2 rings (SSSR count). The number of aromatic nitrogens is 1. The summed E-state index contributed by atoms with van der Waals surface area (Å²) in [6.45, 7) is 1.08. The molecule has 9 nitrogen and oxygen atoms in total. The average Bonchev–Trinajstić information content (AvgIpc) is 2.65. The van der Waals surface area contributed by atoms with Crippen LogP contribution in [0.1, 0.15) is 18.9 Å². The van der Waals surface area contributed by atoms with Gasteiger partial charge in [0.1, 0.15) is 12.0 Å². The van der Waals surface area contributed by atoms with Crippen LogP contribution in [0, 0.1) is 10.1 Å². The van der Waals surface area contributed by atoms with E-state index in [2.05, 4.69) is 5.32 Å². The Bertz CT molecular complexity index is 909. The summed E-state index contributed by atoms with van der Waals surface area (Å²) >= 11 is 0. The zero-order valence-corrected chi connectivity index (χ0v) is 14.6. The third-order valence-corrected chi connectivity index (χ3v) is 4.42. The Morgan fingerprint density at radius 2 is 1.89 bits per heavy atom. The lowest BCUT2D eigenvalue weighted by atomic mass is 9.78. The normalized spacial score (nSPS) is 12.8. The number of carbonyl (C=O) groups excluding carboxylic acids is 1. The number of nitrogens with zero attached hydrogens (tertiary/aromatic N) is 2. The van der Waals surface area contributed by atoms with Crippen molar-refractivity contribution in [3.63, 3.8) is 0 Å². The van der Waals surface area contributed by atoms with Crippen LogP contribution >= 0.6 is 0 Å². The van der Waals surface area contributed by atoms with Crippen molar-refractivity contribution >= 4 is 17.6 Å². The van der Waals surface area contributed by atoms with Crippen LogP contribution in [0.3, 0.4) is 0 Å². The van der Waals surface area contributed by atoms with Crippen LogP contribution in [-0.4, -0.2) is 33.0 Å². The highest BCUT2D eigenvalue weighted by Crippen LogP contribution is 2.27. The van der Waals surface area contributed by atoms with Gasteiger partial charge in [-0.05, 0) is 12.0 Å². The maximum atomic E-state index is 12.2. The summed E-state index contributed by atoms with van der Waals surface area (Å²) in [6, 6.07) is 10.6. The quantitative estimate of drug-likeness (QED) is 0.530. The van der Waals surface area contributed by atoms with E-state index >= 15 is 0 Å². The Balaban J connectivity index is 2.18. The van der Waals surface area contributed by atoms with Gasteiger partial charge in [0.05, 0.1) is 11.1 Å². The molecular formula is C18H19N3O6. The van der Waals surface area contributed by atoms with E-state index in [-0.39, 0.29) is 18.7 Å². The van der Waals surface area contributed by atoms with Crippen LogP contribution in [0.15, 0.2) is 53.5 Å². The number of hydrogen-bond acceptors (Lipinski definition) is 5. The Labute approximate surface area is 154 Å². The number of hydrogen-bond donors (Lipinski definition) is 2. The van der Waals surface area contributed by atoms with Crippen molar-refractivity contribution in [3.05, 3.63) is 74.7 Å². The van der Waals surface area contributed by atoms with Crippen molar-refractivity contribution in [3.8, 4) is 0 Å². The van der Waals surface area contributed by atoms with Crippen LogP contribution in [0.5, 0.6) is 0 Å². The van der Waals surface area contributed by atoms with E-state index in [0.717, 1.165) is 22.9 Å². The topological polar surface area (TPSA) is 132 Å². The molecule has 0 bridgehead atoms. The van der Waals surface area contributed by atoms with Crippen LogP contribution in [-0.2, 0) is 21.5 Å². The van der Waals surface area contributed by atoms with Crippen LogP contribution < -0.4 is 10.9 Å². The van der Waals surface area contributed by atoms with Crippen LogP contribution in [0.4, 0.5) is 5.69 Å². The minimum Gasteiger partial charge on any atom is -0.481 e. The Kier molecular flexibility index (Phi) is 6.07.